The number of unbranched alkanes of at least 4 members (excludes halogenated alkanes) is 7. The van der Waals surface area contributed by atoms with Gasteiger partial charge < -0.3 is 10.4 Å². The lowest BCUT2D eigenvalue weighted by Gasteiger charge is -2.20. The second-order valence-corrected chi connectivity index (χ2v) is 8.69. The van der Waals surface area contributed by atoms with Gasteiger partial charge in [0.15, 0.2) is 5.78 Å². The first kappa shape index (κ1) is 25.3. The van der Waals surface area contributed by atoms with Gasteiger partial charge >= 0.3 is 0 Å². The first-order chi connectivity index (χ1) is 15.1. The molecule has 0 bridgehead atoms. The van der Waals surface area contributed by atoms with Crippen molar-refractivity contribution in [2.45, 2.75) is 90.2 Å². The molecule has 2 aromatic carbocycles. The number of Topliss-reactive ketones (excluding diaryl/α,β-unsaturated/α-hetero) is 1. The summed E-state index contributed by atoms with van der Waals surface area (Å²) < 4.78 is 0. The van der Waals surface area contributed by atoms with Gasteiger partial charge in [-0.1, -0.05) is 106 Å². The van der Waals surface area contributed by atoms with Crippen LogP contribution in [-0.4, -0.2) is 23.5 Å². The highest BCUT2D eigenvalue weighted by Gasteiger charge is 2.16. The summed E-state index contributed by atoms with van der Waals surface area (Å²) in [6, 6.07) is 17.6. The van der Waals surface area contributed by atoms with E-state index in [-0.39, 0.29) is 11.8 Å². The van der Waals surface area contributed by atoms with Crippen LogP contribution in [0.15, 0.2) is 54.6 Å². The Balaban J connectivity index is 1.63. The molecule has 0 aliphatic heterocycles. The molecule has 3 heteroatoms. The fraction of sp³-hybridized carbons (Fsp3) is 0.536. The molecule has 2 rings (SSSR count). The molecule has 2 aromatic rings. The van der Waals surface area contributed by atoms with Crippen LogP contribution in [0.1, 0.15) is 99.2 Å². The van der Waals surface area contributed by atoms with Gasteiger partial charge in [-0.25, -0.2) is 0 Å². The molecule has 0 saturated heterocycles. The first-order valence-electron chi connectivity index (χ1n) is 12.2. The molecule has 31 heavy (non-hydrogen) atoms. The molecule has 0 saturated carbocycles. The molecule has 3 nitrogen and oxygen atoms in total. The van der Waals surface area contributed by atoms with Crippen molar-refractivity contribution in [3.8, 4) is 0 Å². The van der Waals surface area contributed by atoms with E-state index in [9.17, 15) is 9.90 Å². The van der Waals surface area contributed by atoms with Gasteiger partial charge in [-0.05, 0) is 30.9 Å². The van der Waals surface area contributed by atoms with E-state index < -0.39 is 6.10 Å². The number of hydrogen-bond donors (Lipinski definition) is 2. The van der Waals surface area contributed by atoms with Crippen LogP contribution in [0.4, 0.5) is 0 Å². The average molecular weight is 424 g/mol. The minimum absolute atomic E-state index is 0.107. The molecule has 0 spiro atoms. The van der Waals surface area contributed by atoms with Crippen molar-refractivity contribution in [3.05, 3.63) is 71.3 Å². The molecule has 0 amide bonds. The maximum absolute atomic E-state index is 12.5. The predicted molar refractivity (Wildman–Crippen MR) is 131 cm³/mol. The molecule has 0 aromatic heterocycles. The highest BCUT2D eigenvalue weighted by atomic mass is 16.3. The Kier molecular flexibility index (Phi) is 12.2. The van der Waals surface area contributed by atoms with E-state index in [2.05, 4.69) is 24.4 Å². The number of aliphatic hydroxyl groups is 1. The van der Waals surface area contributed by atoms with Gasteiger partial charge in [-0.15, -0.1) is 0 Å². The molecule has 2 unspecified atom stereocenters. The van der Waals surface area contributed by atoms with Gasteiger partial charge in [0.1, 0.15) is 0 Å². The van der Waals surface area contributed by atoms with Crippen molar-refractivity contribution in [3.63, 3.8) is 0 Å². The SMILES string of the molecule is CCCCCCCCCCc1ccc(C(=O)CCNC(C)C(O)c2ccccc2)cc1. The van der Waals surface area contributed by atoms with Crippen molar-refractivity contribution in [2.24, 2.45) is 0 Å². The summed E-state index contributed by atoms with van der Waals surface area (Å²) in [5.41, 5.74) is 2.99. The van der Waals surface area contributed by atoms with Crippen LogP contribution in [-0.2, 0) is 6.42 Å². The highest BCUT2D eigenvalue weighted by Crippen LogP contribution is 2.16. The van der Waals surface area contributed by atoms with Crippen LogP contribution in [0.5, 0.6) is 0 Å². The van der Waals surface area contributed by atoms with E-state index in [1.807, 2.05) is 49.4 Å². The highest BCUT2D eigenvalue weighted by molar-refractivity contribution is 5.96. The minimum Gasteiger partial charge on any atom is -0.387 e. The fourth-order valence-corrected chi connectivity index (χ4v) is 3.93. The lowest BCUT2D eigenvalue weighted by atomic mass is 10.0. The van der Waals surface area contributed by atoms with E-state index in [1.165, 1.54) is 56.9 Å². The molecule has 0 heterocycles. The van der Waals surface area contributed by atoms with Gasteiger partial charge in [0.25, 0.3) is 0 Å². The predicted octanol–water partition coefficient (Wildman–Crippen LogP) is 6.65. The Morgan fingerprint density at radius 2 is 1.48 bits per heavy atom. The zero-order valence-corrected chi connectivity index (χ0v) is 19.5. The van der Waals surface area contributed by atoms with Gasteiger partial charge in [0.2, 0.25) is 0 Å². The number of carbonyl (C=O) groups is 1. The van der Waals surface area contributed by atoms with Crippen LogP contribution >= 0.6 is 0 Å². The van der Waals surface area contributed by atoms with E-state index in [0.717, 1.165) is 17.5 Å². The maximum Gasteiger partial charge on any atom is 0.164 e. The summed E-state index contributed by atoms with van der Waals surface area (Å²) in [6.45, 7) is 4.76. The van der Waals surface area contributed by atoms with Crippen molar-refractivity contribution in [2.75, 3.05) is 6.54 Å². The van der Waals surface area contributed by atoms with Gasteiger partial charge in [0, 0.05) is 24.6 Å². The van der Waals surface area contributed by atoms with Gasteiger partial charge in [-0.3, -0.25) is 4.79 Å². The largest absolute Gasteiger partial charge is 0.387 e. The smallest absolute Gasteiger partial charge is 0.164 e. The first-order valence-corrected chi connectivity index (χ1v) is 12.2. The van der Waals surface area contributed by atoms with Gasteiger partial charge in [0.05, 0.1) is 6.10 Å². The summed E-state index contributed by atoms with van der Waals surface area (Å²) in [5, 5.41) is 13.7. The Morgan fingerprint density at radius 3 is 2.13 bits per heavy atom. The van der Waals surface area contributed by atoms with E-state index in [4.69, 9.17) is 0 Å². The van der Waals surface area contributed by atoms with Crippen LogP contribution in [0.25, 0.3) is 0 Å². The standard InChI is InChI=1S/C28H41NO2/c1-3-4-5-6-7-8-9-11-14-24-17-19-25(20-18-24)27(30)21-22-29-23(2)28(31)26-15-12-10-13-16-26/h10,12-13,15-20,23,28-29,31H,3-9,11,14,21-22H2,1-2H3. The monoisotopic (exact) mass is 423 g/mol. The molecular formula is C28H41NO2. The minimum atomic E-state index is -0.577. The zero-order chi connectivity index (χ0) is 22.3. The number of aryl methyl sites for hydroxylation is 1. The van der Waals surface area contributed by atoms with Crippen molar-refractivity contribution in [1.29, 1.82) is 0 Å². The number of aliphatic hydroxyl groups excluding tert-OH is 1. The van der Waals surface area contributed by atoms with Crippen molar-refractivity contribution < 1.29 is 9.90 Å². The Morgan fingerprint density at radius 1 is 0.871 bits per heavy atom. The van der Waals surface area contributed by atoms with Crippen molar-refractivity contribution >= 4 is 5.78 Å². The molecule has 0 fully saturated rings. The summed E-state index contributed by atoms with van der Waals surface area (Å²) in [4.78, 5) is 12.5. The molecule has 170 valence electrons. The average Bonchev–Trinajstić information content (AvgIpc) is 2.81. The lowest BCUT2D eigenvalue weighted by molar-refractivity contribution is 0.0972. The molecule has 2 atom stereocenters. The molecule has 2 N–H and O–H groups in total. The third kappa shape index (κ3) is 9.80. The Hall–Kier alpha value is -1.97. The van der Waals surface area contributed by atoms with E-state index in [1.54, 1.807) is 0 Å². The van der Waals surface area contributed by atoms with Crippen LogP contribution < -0.4 is 5.32 Å². The van der Waals surface area contributed by atoms with Crippen LogP contribution in [0.2, 0.25) is 0 Å². The zero-order valence-electron chi connectivity index (χ0n) is 19.5. The second kappa shape index (κ2) is 14.9. The third-order valence-corrected chi connectivity index (χ3v) is 6.03. The number of ketones is 1. The van der Waals surface area contributed by atoms with Crippen molar-refractivity contribution in [1.82, 2.24) is 5.32 Å². The quantitative estimate of drug-likeness (QED) is 0.235. The van der Waals surface area contributed by atoms with E-state index >= 15 is 0 Å². The molecule has 0 radical (unpaired) electrons. The molecular weight excluding hydrogens is 382 g/mol. The van der Waals surface area contributed by atoms with Crippen LogP contribution in [0, 0.1) is 0 Å². The number of nitrogens with one attached hydrogen (secondary N) is 1. The van der Waals surface area contributed by atoms with Gasteiger partial charge in [-0.2, -0.15) is 0 Å². The Labute approximate surface area is 189 Å². The second-order valence-electron chi connectivity index (χ2n) is 8.69. The number of hydrogen-bond acceptors (Lipinski definition) is 3. The summed E-state index contributed by atoms with van der Waals surface area (Å²) in [7, 11) is 0. The number of benzene rings is 2. The Bertz CT molecular complexity index is 726. The normalized spacial score (nSPS) is 13.1. The lowest BCUT2D eigenvalue weighted by Crippen LogP contribution is -2.33. The fourth-order valence-electron chi connectivity index (χ4n) is 3.93. The topological polar surface area (TPSA) is 49.3 Å². The summed E-state index contributed by atoms with van der Waals surface area (Å²) in [6.07, 6.45) is 11.6. The number of carbonyl (C=O) groups excluding carboxylic acids is 1. The molecule has 0 aliphatic rings. The third-order valence-electron chi connectivity index (χ3n) is 6.03. The maximum atomic E-state index is 12.5. The number of rotatable bonds is 16. The van der Waals surface area contributed by atoms with Crippen LogP contribution in [0.3, 0.4) is 0 Å². The summed E-state index contributed by atoms with van der Waals surface area (Å²) >= 11 is 0. The van der Waals surface area contributed by atoms with E-state index in [0.29, 0.717) is 13.0 Å². The summed E-state index contributed by atoms with van der Waals surface area (Å²) in [5.74, 6) is 0.146. The molecule has 0 aliphatic carbocycles.